The van der Waals surface area contributed by atoms with Crippen molar-refractivity contribution >= 4 is 17.7 Å². The average molecular weight is 547 g/mol. The Labute approximate surface area is 222 Å². The van der Waals surface area contributed by atoms with Gasteiger partial charge in [0, 0.05) is 56.0 Å². The third-order valence-corrected chi connectivity index (χ3v) is 7.30. The SMILES string of the molecule is COc1ccc(C2CC(C(F)(F)F)n3nc(-c4ccnc(N5CCN(C(=O)O)CC5)c4C)cc3N2)cc1OC. The summed E-state index contributed by atoms with van der Waals surface area (Å²) in [6, 6.07) is 5.98. The average Bonchev–Trinajstić information content (AvgIpc) is 3.35. The molecule has 0 bridgehead atoms. The van der Waals surface area contributed by atoms with Crippen LogP contribution in [0.25, 0.3) is 11.3 Å². The van der Waals surface area contributed by atoms with E-state index in [1.54, 1.807) is 36.5 Å². The molecule has 1 amide bonds. The summed E-state index contributed by atoms with van der Waals surface area (Å²) in [5.41, 5.74) is 2.45. The van der Waals surface area contributed by atoms with Crippen LogP contribution in [0.15, 0.2) is 36.5 Å². The fourth-order valence-corrected chi connectivity index (χ4v) is 5.22. The number of hydrogen-bond acceptors (Lipinski definition) is 7. The Hall–Kier alpha value is -4.16. The molecule has 2 aliphatic rings. The number of halogens is 3. The van der Waals surface area contributed by atoms with Crippen molar-refractivity contribution in [1.82, 2.24) is 19.7 Å². The summed E-state index contributed by atoms with van der Waals surface area (Å²) in [6.07, 6.45) is -4.13. The first-order valence-electron chi connectivity index (χ1n) is 12.4. The second-order valence-corrected chi connectivity index (χ2v) is 9.53. The molecule has 0 aliphatic carbocycles. The first-order chi connectivity index (χ1) is 18.6. The van der Waals surface area contributed by atoms with Gasteiger partial charge in [0.05, 0.1) is 26.0 Å². The van der Waals surface area contributed by atoms with E-state index in [1.165, 1.54) is 19.1 Å². The molecule has 208 valence electrons. The molecule has 10 nitrogen and oxygen atoms in total. The standard InChI is InChI=1S/C26H29F3N6O4/c1-15-17(6-7-30-24(15)33-8-10-34(11-9-33)25(36)37)19-14-23-31-18(13-22(26(27,28)29)35(23)32-19)16-4-5-20(38-2)21(12-16)39-3/h4-7,12,14,18,22,31H,8-11,13H2,1-3H3,(H,36,37). The van der Waals surface area contributed by atoms with E-state index < -0.39 is 24.4 Å². The maximum atomic E-state index is 14.3. The summed E-state index contributed by atoms with van der Waals surface area (Å²) in [5.74, 6) is 1.84. The molecule has 1 aromatic carbocycles. The lowest BCUT2D eigenvalue weighted by atomic mass is 9.96. The van der Waals surface area contributed by atoms with E-state index in [-0.39, 0.29) is 12.2 Å². The van der Waals surface area contributed by atoms with Crippen molar-refractivity contribution in [3.05, 3.63) is 47.7 Å². The lowest BCUT2D eigenvalue weighted by Gasteiger charge is -2.34. The number of amides is 1. The molecule has 1 fully saturated rings. The molecule has 3 aromatic rings. The van der Waals surface area contributed by atoms with Crippen molar-refractivity contribution in [2.45, 2.75) is 31.6 Å². The zero-order chi connectivity index (χ0) is 27.9. The van der Waals surface area contributed by atoms with E-state index in [9.17, 15) is 23.1 Å². The highest BCUT2D eigenvalue weighted by atomic mass is 19.4. The van der Waals surface area contributed by atoms with Gasteiger partial charge in [-0.25, -0.2) is 14.5 Å². The number of nitrogens with one attached hydrogen (secondary N) is 1. The first kappa shape index (κ1) is 26.4. The number of benzene rings is 1. The topological polar surface area (TPSA) is 105 Å². The van der Waals surface area contributed by atoms with Gasteiger partial charge in [0.2, 0.25) is 0 Å². The highest BCUT2D eigenvalue weighted by Crippen LogP contribution is 2.46. The number of rotatable bonds is 5. The van der Waals surface area contributed by atoms with Crippen LogP contribution in [0.1, 0.15) is 29.6 Å². The smallest absolute Gasteiger partial charge is 0.410 e. The Balaban J connectivity index is 1.47. The van der Waals surface area contributed by atoms with Crippen molar-refractivity contribution in [1.29, 1.82) is 0 Å². The Morgan fingerprint density at radius 3 is 2.44 bits per heavy atom. The van der Waals surface area contributed by atoms with Crippen LogP contribution in [0.4, 0.5) is 29.6 Å². The van der Waals surface area contributed by atoms with E-state index in [0.717, 1.165) is 10.2 Å². The van der Waals surface area contributed by atoms with E-state index in [0.29, 0.717) is 60.3 Å². The van der Waals surface area contributed by atoms with E-state index in [4.69, 9.17) is 9.47 Å². The molecule has 39 heavy (non-hydrogen) atoms. The molecular formula is C26H29F3N6O4. The summed E-state index contributed by atoms with van der Waals surface area (Å²) in [4.78, 5) is 19.1. The third kappa shape index (κ3) is 5.00. The summed E-state index contributed by atoms with van der Waals surface area (Å²) < 4.78 is 54.4. The quantitative estimate of drug-likeness (QED) is 0.473. The number of carbonyl (C=O) groups is 1. The minimum absolute atomic E-state index is 0.248. The molecule has 4 heterocycles. The molecule has 2 N–H and O–H groups in total. The van der Waals surface area contributed by atoms with E-state index >= 15 is 0 Å². The molecule has 5 rings (SSSR count). The maximum absolute atomic E-state index is 14.3. The van der Waals surface area contributed by atoms with Crippen LogP contribution in [-0.2, 0) is 0 Å². The lowest BCUT2D eigenvalue weighted by molar-refractivity contribution is -0.173. The Bertz CT molecular complexity index is 1370. The van der Waals surface area contributed by atoms with E-state index in [2.05, 4.69) is 15.4 Å². The normalized spacial score (nSPS) is 19.3. The molecule has 0 saturated carbocycles. The van der Waals surface area contributed by atoms with Crippen LogP contribution in [0.5, 0.6) is 11.5 Å². The number of ether oxygens (including phenoxy) is 2. The van der Waals surface area contributed by atoms with Crippen molar-refractivity contribution < 1.29 is 32.5 Å². The minimum atomic E-state index is -4.52. The number of fused-ring (bicyclic) bond motifs is 1. The maximum Gasteiger partial charge on any atom is 0.410 e. The highest BCUT2D eigenvalue weighted by molar-refractivity contribution is 5.72. The Kier molecular flexibility index (Phi) is 6.91. The van der Waals surface area contributed by atoms with Crippen LogP contribution in [-0.4, -0.2) is 77.4 Å². The van der Waals surface area contributed by atoms with Gasteiger partial charge in [-0.2, -0.15) is 18.3 Å². The second kappa shape index (κ2) is 10.2. The summed E-state index contributed by atoms with van der Waals surface area (Å²) in [7, 11) is 2.98. The minimum Gasteiger partial charge on any atom is -0.493 e. The van der Waals surface area contributed by atoms with Gasteiger partial charge in [-0.05, 0) is 30.7 Å². The largest absolute Gasteiger partial charge is 0.493 e. The Morgan fingerprint density at radius 1 is 1.08 bits per heavy atom. The molecular weight excluding hydrogens is 517 g/mol. The number of carboxylic acid groups (broad SMARTS) is 1. The van der Waals surface area contributed by atoms with E-state index in [1.807, 2.05) is 11.8 Å². The van der Waals surface area contributed by atoms with Gasteiger partial charge in [0.15, 0.2) is 17.5 Å². The zero-order valence-corrected chi connectivity index (χ0v) is 21.7. The number of aromatic nitrogens is 3. The monoisotopic (exact) mass is 546 g/mol. The van der Waals surface area contributed by atoms with Crippen molar-refractivity contribution in [3.63, 3.8) is 0 Å². The fourth-order valence-electron chi connectivity index (χ4n) is 5.22. The van der Waals surface area contributed by atoms with Gasteiger partial charge in [-0.1, -0.05) is 6.07 Å². The molecule has 2 aliphatic heterocycles. The second-order valence-electron chi connectivity index (χ2n) is 9.53. The molecule has 1 saturated heterocycles. The summed E-state index contributed by atoms with van der Waals surface area (Å²) in [6.45, 7) is 3.46. The zero-order valence-electron chi connectivity index (χ0n) is 21.7. The molecule has 2 atom stereocenters. The molecule has 2 unspecified atom stereocenters. The number of methoxy groups -OCH3 is 2. The lowest BCUT2D eigenvalue weighted by Crippen LogP contribution is -2.48. The van der Waals surface area contributed by atoms with Crippen molar-refractivity contribution in [2.24, 2.45) is 0 Å². The first-order valence-corrected chi connectivity index (χ1v) is 12.4. The predicted octanol–water partition coefficient (Wildman–Crippen LogP) is 4.73. The van der Waals surface area contributed by atoms with Gasteiger partial charge in [0.25, 0.3) is 0 Å². The molecule has 13 heteroatoms. The molecule has 2 aromatic heterocycles. The van der Waals surface area contributed by atoms with Gasteiger partial charge >= 0.3 is 12.3 Å². The number of nitrogens with zero attached hydrogens (tertiary/aromatic N) is 5. The fraction of sp³-hybridized carbons (Fsp3) is 0.423. The van der Waals surface area contributed by atoms with Crippen molar-refractivity contribution in [2.75, 3.05) is 50.6 Å². The Morgan fingerprint density at radius 2 is 1.79 bits per heavy atom. The summed E-state index contributed by atoms with van der Waals surface area (Å²) >= 11 is 0. The van der Waals surface area contributed by atoms with Crippen LogP contribution in [0.2, 0.25) is 0 Å². The molecule has 0 radical (unpaired) electrons. The number of anilines is 2. The number of hydrogen-bond donors (Lipinski definition) is 2. The number of piperazine rings is 1. The van der Waals surface area contributed by atoms with Gasteiger partial charge in [0.1, 0.15) is 11.6 Å². The summed E-state index contributed by atoms with van der Waals surface area (Å²) in [5, 5.41) is 16.8. The van der Waals surface area contributed by atoms with Gasteiger partial charge < -0.3 is 29.7 Å². The predicted molar refractivity (Wildman–Crippen MR) is 138 cm³/mol. The van der Waals surface area contributed by atoms with Gasteiger partial charge in [-0.15, -0.1) is 0 Å². The van der Waals surface area contributed by atoms with Crippen LogP contribution in [0.3, 0.4) is 0 Å². The number of pyridine rings is 1. The molecule has 0 spiro atoms. The van der Waals surface area contributed by atoms with Crippen LogP contribution < -0.4 is 19.7 Å². The third-order valence-electron chi connectivity index (χ3n) is 7.30. The van der Waals surface area contributed by atoms with Crippen LogP contribution >= 0.6 is 0 Å². The van der Waals surface area contributed by atoms with Crippen molar-refractivity contribution in [3.8, 4) is 22.8 Å². The highest BCUT2D eigenvalue weighted by Gasteiger charge is 2.46. The number of alkyl halides is 3. The van der Waals surface area contributed by atoms with Gasteiger partial charge in [-0.3, -0.25) is 0 Å². The van der Waals surface area contributed by atoms with Crippen LogP contribution in [0, 0.1) is 6.92 Å².